The highest BCUT2D eigenvalue weighted by atomic mass is 19.4. The molecule has 5 rings (SSSR count). The lowest BCUT2D eigenvalue weighted by Gasteiger charge is -2.25. The average Bonchev–Trinajstić information content (AvgIpc) is 3.55. The quantitative estimate of drug-likeness (QED) is 0.191. The summed E-state index contributed by atoms with van der Waals surface area (Å²) in [5, 5.41) is 14.2. The number of likely N-dealkylation sites (tertiary alicyclic amines) is 1. The normalized spacial score (nSPS) is 16.1. The number of amides is 2. The molecule has 0 bridgehead atoms. The van der Waals surface area contributed by atoms with Crippen LogP contribution in [0.4, 0.5) is 13.2 Å². The third-order valence-corrected chi connectivity index (χ3v) is 8.13. The van der Waals surface area contributed by atoms with Crippen LogP contribution in [-0.4, -0.2) is 58.4 Å². The van der Waals surface area contributed by atoms with Gasteiger partial charge in [-0.05, 0) is 85.7 Å². The molecule has 0 radical (unpaired) electrons. The second-order valence-electron chi connectivity index (χ2n) is 11.5. The number of aliphatic hydroxyl groups excluding tert-OH is 1. The summed E-state index contributed by atoms with van der Waals surface area (Å²) in [7, 11) is 0. The molecule has 2 amide bonds. The largest absolute Gasteiger partial charge is 0.573 e. The molecule has 4 aromatic rings. The van der Waals surface area contributed by atoms with Gasteiger partial charge in [-0.25, -0.2) is 0 Å². The van der Waals surface area contributed by atoms with Crippen LogP contribution in [0.3, 0.4) is 0 Å². The third kappa shape index (κ3) is 9.17. The van der Waals surface area contributed by atoms with E-state index in [1.165, 1.54) is 18.2 Å². The second kappa shape index (κ2) is 15.1. The van der Waals surface area contributed by atoms with Crippen LogP contribution in [0.2, 0.25) is 0 Å². The van der Waals surface area contributed by atoms with E-state index >= 15 is 0 Å². The Morgan fingerprint density at radius 2 is 1.67 bits per heavy atom. The molecule has 1 saturated heterocycles. The van der Waals surface area contributed by atoms with Crippen molar-refractivity contribution in [2.75, 3.05) is 13.1 Å². The highest BCUT2D eigenvalue weighted by Crippen LogP contribution is 2.27. The number of hydrogen-bond acceptors (Lipinski definition) is 5. The SMILES string of the molecule is O=C(N[C@@H](Cc1ccccc1)[C@H](O)CCCc1cccc(OC(F)(F)F)c1)c1cccc(C(=O)N2CCC(c3ccccn3)C2)c1. The van der Waals surface area contributed by atoms with Crippen molar-refractivity contribution in [3.63, 3.8) is 0 Å². The van der Waals surface area contributed by atoms with Gasteiger partial charge in [-0.2, -0.15) is 0 Å². The van der Waals surface area contributed by atoms with Crippen molar-refractivity contribution in [3.8, 4) is 5.75 Å². The number of aromatic nitrogens is 1. The molecule has 0 saturated carbocycles. The van der Waals surface area contributed by atoms with Gasteiger partial charge >= 0.3 is 6.36 Å². The van der Waals surface area contributed by atoms with Crippen LogP contribution in [0.1, 0.15) is 62.7 Å². The number of rotatable bonds is 12. The molecule has 1 aliphatic heterocycles. The first-order valence-electron chi connectivity index (χ1n) is 15.3. The van der Waals surface area contributed by atoms with Crippen LogP contribution in [-0.2, 0) is 12.8 Å². The summed E-state index contributed by atoms with van der Waals surface area (Å²) < 4.78 is 41.9. The van der Waals surface area contributed by atoms with Crippen LogP contribution < -0.4 is 10.1 Å². The van der Waals surface area contributed by atoms with Crippen molar-refractivity contribution in [3.05, 3.63) is 131 Å². The standard InChI is InChI=1S/C36H36F3N3O4/c37-36(38,39)46-30-15-6-11-25(21-30)12-7-17-33(43)32(22-26-9-2-1-3-10-26)41-34(44)27-13-8-14-28(23-27)35(45)42-20-18-29(24-42)31-16-4-5-19-40-31/h1-6,8-11,13-16,19,21,23,29,32-33,43H,7,12,17-18,20,22,24H2,(H,41,44)/t29?,32-,33+/m0/s1. The summed E-state index contributed by atoms with van der Waals surface area (Å²) in [5.74, 6) is -0.703. The van der Waals surface area contributed by atoms with Gasteiger partial charge in [0, 0.05) is 42.0 Å². The fourth-order valence-electron chi connectivity index (χ4n) is 5.80. The number of hydrogen-bond donors (Lipinski definition) is 2. The van der Waals surface area contributed by atoms with Gasteiger partial charge < -0.3 is 20.1 Å². The molecule has 46 heavy (non-hydrogen) atoms. The van der Waals surface area contributed by atoms with Crippen molar-refractivity contribution in [2.24, 2.45) is 0 Å². The molecule has 1 fully saturated rings. The van der Waals surface area contributed by atoms with Crippen molar-refractivity contribution in [1.29, 1.82) is 0 Å². The summed E-state index contributed by atoms with van der Waals surface area (Å²) in [6, 6.07) is 26.9. The van der Waals surface area contributed by atoms with Crippen molar-refractivity contribution in [1.82, 2.24) is 15.2 Å². The Labute approximate surface area is 266 Å². The maximum Gasteiger partial charge on any atom is 0.573 e. The summed E-state index contributed by atoms with van der Waals surface area (Å²) in [5.41, 5.74) is 3.23. The predicted molar refractivity (Wildman–Crippen MR) is 167 cm³/mol. The molecule has 3 atom stereocenters. The smallest absolute Gasteiger partial charge is 0.406 e. The Bertz CT molecular complexity index is 1600. The monoisotopic (exact) mass is 631 g/mol. The van der Waals surface area contributed by atoms with Crippen molar-refractivity contribution < 1.29 is 32.6 Å². The van der Waals surface area contributed by atoms with E-state index in [-0.39, 0.29) is 17.6 Å². The zero-order chi connectivity index (χ0) is 32.5. The lowest BCUT2D eigenvalue weighted by Crippen LogP contribution is -2.45. The van der Waals surface area contributed by atoms with E-state index in [0.717, 1.165) is 17.7 Å². The molecule has 2 heterocycles. The van der Waals surface area contributed by atoms with Gasteiger partial charge in [-0.3, -0.25) is 14.6 Å². The van der Waals surface area contributed by atoms with Crippen LogP contribution in [0, 0.1) is 0 Å². The molecule has 240 valence electrons. The molecule has 0 spiro atoms. The first kappa shape index (κ1) is 32.7. The molecular weight excluding hydrogens is 595 g/mol. The van der Waals surface area contributed by atoms with Gasteiger partial charge in [-0.15, -0.1) is 13.2 Å². The number of benzene rings is 3. The zero-order valence-electron chi connectivity index (χ0n) is 25.2. The maximum atomic E-state index is 13.5. The average molecular weight is 632 g/mol. The molecule has 0 aliphatic carbocycles. The Morgan fingerprint density at radius 3 is 2.43 bits per heavy atom. The molecule has 7 nitrogen and oxygen atoms in total. The van der Waals surface area contributed by atoms with Gasteiger partial charge in [-0.1, -0.05) is 54.6 Å². The molecule has 3 aromatic carbocycles. The molecule has 1 aliphatic rings. The van der Waals surface area contributed by atoms with E-state index < -0.39 is 24.4 Å². The summed E-state index contributed by atoms with van der Waals surface area (Å²) in [6.07, 6.45) is -1.60. The van der Waals surface area contributed by atoms with E-state index in [1.807, 2.05) is 48.5 Å². The summed E-state index contributed by atoms with van der Waals surface area (Å²) >= 11 is 0. The molecule has 1 aromatic heterocycles. The van der Waals surface area contributed by atoms with Crippen LogP contribution in [0.15, 0.2) is 103 Å². The van der Waals surface area contributed by atoms with E-state index in [2.05, 4.69) is 15.0 Å². The minimum atomic E-state index is -4.78. The van der Waals surface area contributed by atoms with Crippen molar-refractivity contribution >= 4 is 11.8 Å². The number of carbonyl (C=O) groups excluding carboxylic acids is 2. The Kier molecular flexibility index (Phi) is 10.7. The van der Waals surface area contributed by atoms with Crippen LogP contribution >= 0.6 is 0 Å². The minimum absolute atomic E-state index is 0.154. The highest BCUT2D eigenvalue weighted by molar-refractivity contribution is 6.00. The molecule has 1 unspecified atom stereocenters. The number of nitrogens with zero attached hydrogens (tertiary/aromatic N) is 2. The number of aliphatic hydroxyl groups is 1. The summed E-state index contributed by atoms with van der Waals surface area (Å²) in [4.78, 5) is 33.0. The number of halogens is 3. The Morgan fingerprint density at radius 1 is 0.935 bits per heavy atom. The minimum Gasteiger partial charge on any atom is -0.406 e. The van der Waals surface area contributed by atoms with Gasteiger partial charge in [0.25, 0.3) is 11.8 Å². The topological polar surface area (TPSA) is 91.8 Å². The lowest BCUT2D eigenvalue weighted by atomic mass is 9.96. The van der Waals surface area contributed by atoms with Gasteiger partial charge in [0.2, 0.25) is 0 Å². The third-order valence-electron chi connectivity index (χ3n) is 8.13. The van der Waals surface area contributed by atoms with E-state index in [4.69, 9.17) is 0 Å². The fraction of sp³-hybridized carbons (Fsp3) is 0.306. The first-order chi connectivity index (χ1) is 22.1. The molecule has 2 N–H and O–H groups in total. The highest BCUT2D eigenvalue weighted by Gasteiger charge is 2.31. The maximum absolute atomic E-state index is 13.5. The van der Waals surface area contributed by atoms with Gasteiger partial charge in [0.05, 0.1) is 12.1 Å². The number of aryl methyl sites for hydroxylation is 1. The summed E-state index contributed by atoms with van der Waals surface area (Å²) in [6.45, 7) is 1.15. The van der Waals surface area contributed by atoms with Gasteiger partial charge in [0.15, 0.2) is 0 Å². The zero-order valence-corrected chi connectivity index (χ0v) is 25.2. The molecule has 10 heteroatoms. The van der Waals surface area contributed by atoms with Gasteiger partial charge in [0.1, 0.15) is 5.75 Å². The molecular formula is C36H36F3N3O4. The fourth-order valence-corrected chi connectivity index (χ4v) is 5.80. The number of pyridine rings is 1. The Hall–Kier alpha value is -4.70. The van der Waals surface area contributed by atoms with E-state index in [0.29, 0.717) is 55.5 Å². The second-order valence-corrected chi connectivity index (χ2v) is 11.5. The predicted octanol–water partition coefficient (Wildman–Crippen LogP) is 6.33. The number of ether oxygens (including phenoxy) is 1. The van der Waals surface area contributed by atoms with E-state index in [9.17, 15) is 27.9 Å². The van der Waals surface area contributed by atoms with E-state index in [1.54, 1.807) is 41.4 Å². The number of nitrogens with one attached hydrogen (secondary N) is 1. The first-order valence-corrected chi connectivity index (χ1v) is 15.3. The lowest BCUT2D eigenvalue weighted by molar-refractivity contribution is -0.274. The number of alkyl halides is 3. The number of carbonyl (C=O) groups is 2. The van der Waals surface area contributed by atoms with Crippen LogP contribution in [0.25, 0.3) is 0 Å². The Balaban J connectivity index is 1.22. The van der Waals surface area contributed by atoms with Crippen LogP contribution in [0.5, 0.6) is 5.75 Å². The van der Waals surface area contributed by atoms with Crippen molar-refractivity contribution in [2.45, 2.75) is 56.5 Å².